The lowest BCUT2D eigenvalue weighted by atomic mass is 10.2. The van der Waals surface area contributed by atoms with Gasteiger partial charge in [-0.25, -0.2) is 9.18 Å². The van der Waals surface area contributed by atoms with Gasteiger partial charge in [-0.15, -0.1) is 13.2 Å². The maximum Gasteiger partial charge on any atom is 0.573 e. The summed E-state index contributed by atoms with van der Waals surface area (Å²) in [5.41, 5.74) is -1.08. The van der Waals surface area contributed by atoms with Crippen molar-refractivity contribution in [2.75, 3.05) is 0 Å². The van der Waals surface area contributed by atoms with Gasteiger partial charge < -0.3 is 9.84 Å². The molecule has 0 saturated heterocycles. The van der Waals surface area contributed by atoms with Crippen molar-refractivity contribution in [3.05, 3.63) is 29.3 Å². The molecule has 16 heavy (non-hydrogen) atoms. The molecule has 1 aromatic carbocycles. The Labute approximate surface area is 85.1 Å². The van der Waals surface area contributed by atoms with Crippen molar-refractivity contribution in [1.82, 2.24) is 0 Å². The van der Waals surface area contributed by atoms with Crippen molar-refractivity contribution in [3.8, 4) is 5.75 Å². The molecule has 0 fully saturated rings. The highest BCUT2D eigenvalue weighted by atomic mass is 19.4. The molecule has 8 heteroatoms. The van der Waals surface area contributed by atoms with E-state index in [2.05, 4.69) is 4.74 Å². The molecular formula is C8H3F5O3. The monoisotopic (exact) mass is 242 g/mol. The van der Waals surface area contributed by atoms with Gasteiger partial charge in [0.05, 0.1) is 5.56 Å². The third-order valence-electron chi connectivity index (χ3n) is 1.50. The average Bonchev–Trinajstić information content (AvgIpc) is 2.10. The van der Waals surface area contributed by atoms with Gasteiger partial charge in [0.15, 0.2) is 11.6 Å². The number of carboxylic acid groups (broad SMARTS) is 1. The number of halogens is 5. The average molecular weight is 242 g/mol. The first kappa shape index (κ1) is 12.2. The third-order valence-corrected chi connectivity index (χ3v) is 1.50. The first-order valence-electron chi connectivity index (χ1n) is 3.69. The van der Waals surface area contributed by atoms with E-state index in [0.717, 1.165) is 0 Å². The summed E-state index contributed by atoms with van der Waals surface area (Å²) in [5, 5.41) is 8.34. The summed E-state index contributed by atoms with van der Waals surface area (Å²) in [7, 11) is 0. The minimum absolute atomic E-state index is 0.384. The van der Waals surface area contributed by atoms with Gasteiger partial charge in [0.2, 0.25) is 5.82 Å². The zero-order valence-corrected chi connectivity index (χ0v) is 7.31. The Kier molecular flexibility index (Phi) is 3.02. The van der Waals surface area contributed by atoms with Gasteiger partial charge in [-0.2, -0.15) is 4.39 Å². The summed E-state index contributed by atoms with van der Waals surface area (Å²) < 4.78 is 64.0. The number of carboxylic acids is 1. The third kappa shape index (κ3) is 2.59. The van der Waals surface area contributed by atoms with Gasteiger partial charge in [-0.05, 0) is 12.1 Å². The van der Waals surface area contributed by atoms with Gasteiger partial charge in [-0.3, -0.25) is 0 Å². The Hall–Kier alpha value is -1.86. The smallest absolute Gasteiger partial charge is 0.478 e. The second-order valence-corrected chi connectivity index (χ2v) is 2.59. The molecule has 0 bridgehead atoms. The van der Waals surface area contributed by atoms with Crippen LogP contribution in [0.4, 0.5) is 22.0 Å². The van der Waals surface area contributed by atoms with Gasteiger partial charge in [0.1, 0.15) is 0 Å². The summed E-state index contributed by atoms with van der Waals surface area (Å²) >= 11 is 0. The van der Waals surface area contributed by atoms with Crippen molar-refractivity contribution in [1.29, 1.82) is 0 Å². The molecule has 0 aliphatic rings. The fraction of sp³-hybridized carbons (Fsp3) is 0.125. The van der Waals surface area contributed by atoms with Crippen LogP contribution < -0.4 is 4.74 Å². The van der Waals surface area contributed by atoms with E-state index in [1.165, 1.54) is 0 Å². The fourth-order valence-electron chi connectivity index (χ4n) is 0.900. The molecule has 0 unspecified atom stereocenters. The highest BCUT2D eigenvalue weighted by molar-refractivity contribution is 5.88. The van der Waals surface area contributed by atoms with E-state index in [9.17, 15) is 26.7 Å². The zero-order valence-electron chi connectivity index (χ0n) is 7.31. The molecule has 0 spiro atoms. The van der Waals surface area contributed by atoms with E-state index >= 15 is 0 Å². The SMILES string of the molecule is O=C(O)c1ccc(OC(F)(F)F)c(F)c1F. The molecule has 3 nitrogen and oxygen atoms in total. The van der Waals surface area contributed by atoms with Gasteiger partial charge in [0.25, 0.3) is 0 Å². The zero-order chi connectivity index (χ0) is 12.5. The number of aromatic carboxylic acids is 1. The standard InChI is InChI=1S/C8H3F5O3/c9-5-3(7(14)15)1-2-4(6(5)10)16-8(11,12)13/h1-2H,(H,14,15). The molecule has 0 atom stereocenters. The first-order valence-corrected chi connectivity index (χ1v) is 3.69. The second kappa shape index (κ2) is 3.95. The number of ether oxygens (including phenoxy) is 1. The molecule has 0 aliphatic carbocycles. The van der Waals surface area contributed by atoms with Crippen molar-refractivity contribution in [2.24, 2.45) is 0 Å². The maximum atomic E-state index is 12.9. The summed E-state index contributed by atoms with van der Waals surface area (Å²) in [6, 6.07) is 0.858. The van der Waals surface area contributed by atoms with Gasteiger partial charge in [0, 0.05) is 0 Å². The Balaban J connectivity index is 3.17. The van der Waals surface area contributed by atoms with Crippen LogP contribution in [0.2, 0.25) is 0 Å². The van der Waals surface area contributed by atoms with E-state index in [0.29, 0.717) is 12.1 Å². The molecule has 0 aromatic heterocycles. The highest BCUT2D eigenvalue weighted by Crippen LogP contribution is 2.28. The maximum absolute atomic E-state index is 12.9. The van der Waals surface area contributed by atoms with Crippen molar-refractivity contribution in [2.45, 2.75) is 6.36 Å². The Morgan fingerprint density at radius 1 is 1.19 bits per heavy atom. The van der Waals surface area contributed by atoms with Crippen LogP contribution in [-0.2, 0) is 0 Å². The van der Waals surface area contributed by atoms with E-state index in [-0.39, 0.29) is 0 Å². The van der Waals surface area contributed by atoms with Crippen LogP contribution in [0.15, 0.2) is 12.1 Å². The van der Waals surface area contributed by atoms with Crippen LogP contribution in [0.3, 0.4) is 0 Å². The number of hydrogen-bond acceptors (Lipinski definition) is 2. The summed E-state index contributed by atoms with van der Waals surface area (Å²) in [6.07, 6.45) is -5.18. The lowest BCUT2D eigenvalue weighted by molar-refractivity contribution is -0.275. The predicted octanol–water partition coefficient (Wildman–Crippen LogP) is 2.56. The Bertz CT molecular complexity index is 426. The fourth-order valence-corrected chi connectivity index (χ4v) is 0.900. The first-order chi connectivity index (χ1) is 7.22. The topological polar surface area (TPSA) is 46.5 Å². The minimum atomic E-state index is -5.18. The van der Waals surface area contributed by atoms with E-state index in [1.807, 2.05) is 0 Å². The predicted molar refractivity (Wildman–Crippen MR) is 40.0 cm³/mol. The van der Waals surface area contributed by atoms with Crippen LogP contribution >= 0.6 is 0 Å². The molecule has 0 amide bonds. The van der Waals surface area contributed by atoms with Crippen molar-refractivity contribution in [3.63, 3.8) is 0 Å². The van der Waals surface area contributed by atoms with Crippen LogP contribution in [0.25, 0.3) is 0 Å². The molecular weight excluding hydrogens is 239 g/mol. The molecule has 1 N–H and O–H groups in total. The van der Waals surface area contributed by atoms with E-state index in [1.54, 1.807) is 0 Å². The van der Waals surface area contributed by atoms with Crippen LogP contribution in [-0.4, -0.2) is 17.4 Å². The van der Waals surface area contributed by atoms with Crippen molar-refractivity contribution >= 4 is 5.97 Å². The number of benzene rings is 1. The van der Waals surface area contributed by atoms with Crippen LogP contribution in [0.1, 0.15) is 10.4 Å². The molecule has 0 saturated carbocycles. The number of rotatable bonds is 2. The molecule has 0 aliphatic heterocycles. The molecule has 88 valence electrons. The second-order valence-electron chi connectivity index (χ2n) is 2.59. The summed E-state index contributed by atoms with van der Waals surface area (Å²) in [4.78, 5) is 10.3. The van der Waals surface area contributed by atoms with Crippen LogP contribution in [0.5, 0.6) is 5.75 Å². The Morgan fingerprint density at radius 2 is 1.75 bits per heavy atom. The van der Waals surface area contributed by atoms with Gasteiger partial charge >= 0.3 is 12.3 Å². The quantitative estimate of drug-likeness (QED) is 0.810. The molecule has 0 heterocycles. The van der Waals surface area contributed by atoms with Crippen LogP contribution in [0, 0.1) is 11.6 Å². The lowest BCUT2D eigenvalue weighted by Crippen LogP contribution is -2.18. The number of alkyl halides is 3. The highest BCUT2D eigenvalue weighted by Gasteiger charge is 2.33. The molecule has 0 radical (unpaired) electrons. The largest absolute Gasteiger partial charge is 0.573 e. The lowest BCUT2D eigenvalue weighted by Gasteiger charge is -2.10. The van der Waals surface area contributed by atoms with E-state index < -0.39 is 35.3 Å². The Morgan fingerprint density at radius 3 is 2.19 bits per heavy atom. The van der Waals surface area contributed by atoms with E-state index in [4.69, 9.17) is 5.11 Å². The van der Waals surface area contributed by atoms with Gasteiger partial charge in [-0.1, -0.05) is 0 Å². The summed E-state index contributed by atoms with van der Waals surface area (Å²) in [5.74, 6) is -7.13. The molecule has 1 rings (SSSR count). The summed E-state index contributed by atoms with van der Waals surface area (Å²) in [6.45, 7) is 0. The normalized spacial score (nSPS) is 11.3. The number of hydrogen-bond donors (Lipinski definition) is 1. The number of carbonyl (C=O) groups is 1. The van der Waals surface area contributed by atoms with Crippen molar-refractivity contribution < 1.29 is 36.6 Å². The minimum Gasteiger partial charge on any atom is -0.478 e. The molecule has 1 aromatic rings.